The molecule has 6 aromatic rings. The molecule has 0 aliphatic rings. The van der Waals surface area contributed by atoms with Crippen LogP contribution in [0.3, 0.4) is 0 Å². The van der Waals surface area contributed by atoms with Gasteiger partial charge in [-0.2, -0.15) is 19.0 Å². The van der Waals surface area contributed by atoms with Crippen LogP contribution in [0.5, 0.6) is 0 Å². The van der Waals surface area contributed by atoms with E-state index in [-0.39, 0.29) is 37.8 Å². The quantitative estimate of drug-likeness (QED) is 0.0629. The molecule has 6 rings (SSSR count). The van der Waals surface area contributed by atoms with Gasteiger partial charge in [0, 0.05) is 39.2 Å². The van der Waals surface area contributed by atoms with Gasteiger partial charge in [0.25, 0.3) is 0 Å². The molecule has 302 valence electrons. The number of aromatic nitrogens is 8. The number of isocyanates is 1. The molecule has 0 bridgehead atoms. The molecule has 0 aliphatic carbocycles. The van der Waals surface area contributed by atoms with Crippen LogP contribution in [-0.2, 0) is 37.5 Å². The number of nitrogens with zero attached hydrogens (tertiary/aromatic N) is 8. The minimum absolute atomic E-state index is 0.0322. The van der Waals surface area contributed by atoms with Gasteiger partial charge in [-0.3, -0.25) is 0 Å². The topological polar surface area (TPSA) is 253 Å². The van der Waals surface area contributed by atoms with E-state index in [1.165, 1.54) is 20.1 Å². The Bertz CT molecular complexity index is 2340. The summed E-state index contributed by atoms with van der Waals surface area (Å²) in [6.45, 7) is 8.09. The number of hydrogen-bond donors (Lipinski definition) is 6. The summed E-state index contributed by atoms with van der Waals surface area (Å²) in [5.41, 5.74) is 15.7. The molecule has 0 unspecified atom stereocenters. The third kappa shape index (κ3) is 12.3. The molecule has 0 saturated heterocycles. The van der Waals surface area contributed by atoms with Gasteiger partial charge in [-0.15, -0.1) is 0 Å². The molecule has 0 spiro atoms. The summed E-state index contributed by atoms with van der Waals surface area (Å²) < 4.78 is 3.61. The molecule has 0 saturated carbocycles. The second-order valence-corrected chi connectivity index (χ2v) is 12.7. The van der Waals surface area contributed by atoms with E-state index in [1.54, 1.807) is 25.2 Å². The molecule has 7 N–H and O–H groups in total. The van der Waals surface area contributed by atoms with Crippen LogP contribution in [0, 0.1) is 27.7 Å². The lowest BCUT2D eigenvalue weighted by atomic mass is 10.0. The van der Waals surface area contributed by atoms with E-state index in [0.717, 1.165) is 50.2 Å². The highest BCUT2D eigenvalue weighted by Crippen LogP contribution is 2.22. The highest BCUT2D eigenvalue weighted by molar-refractivity contribution is 5.56. The van der Waals surface area contributed by atoms with Gasteiger partial charge < -0.3 is 26.2 Å². The van der Waals surface area contributed by atoms with Crippen molar-refractivity contribution in [2.24, 2.45) is 12.0 Å². The third-order valence-electron chi connectivity index (χ3n) is 8.87. The average molecular weight is 783 g/mol. The number of aliphatic hydroxyl groups is 4. The average Bonchev–Trinajstić information content (AvgIpc) is 3.77. The number of benzene rings is 4. The largest absolute Gasteiger partial charge is 0.398 e. The molecule has 4 aromatic carbocycles. The highest BCUT2D eigenvalue weighted by atomic mass is 16.3. The third-order valence-corrected chi connectivity index (χ3v) is 8.87. The zero-order chi connectivity index (χ0) is 41.9. The first-order chi connectivity index (χ1) is 27.4. The van der Waals surface area contributed by atoms with Gasteiger partial charge in [0.1, 0.15) is 0 Å². The first-order valence-electron chi connectivity index (χ1n) is 18.0. The van der Waals surface area contributed by atoms with Crippen LogP contribution in [0.25, 0.3) is 11.4 Å². The molecule has 0 radical (unpaired) electrons. The molecule has 0 amide bonds. The van der Waals surface area contributed by atoms with Crippen molar-refractivity contribution in [2.75, 3.05) is 32.2 Å². The van der Waals surface area contributed by atoms with Crippen molar-refractivity contribution in [2.45, 2.75) is 53.4 Å². The number of aromatic amines is 1. The number of tetrazole rings is 2. The van der Waals surface area contributed by atoms with E-state index in [2.05, 4.69) is 30.9 Å². The van der Waals surface area contributed by atoms with Crippen LogP contribution < -0.4 is 17.1 Å². The van der Waals surface area contributed by atoms with Crippen LogP contribution in [0.4, 0.5) is 11.4 Å². The van der Waals surface area contributed by atoms with Gasteiger partial charge in [0.15, 0.2) is 0 Å². The van der Waals surface area contributed by atoms with E-state index in [9.17, 15) is 14.4 Å². The Morgan fingerprint density at radius 1 is 0.632 bits per heavy atom. The summed E-state index contributed by atoms with van der Waals surface area (Å²) in [5, 5.41) is 52.4. The van der Waals surface area contributed by atoms with E-state index >= 15 is 0 Å². The Morgan fingerprint density at radius 3 is 1.54 bits per heavy atom. The minimum Gasteiger partial charge on any atom is -0.398 e. The maximum atomic E-state index is 11.8. The first kappa shape index (κ1) is 45.0. The van der Waals surface area contributed by atoms with E-state index in [4.69, 9.17) is 26.2 Å². The second-order valence-electron chi connectivity index (χ2n) is 12.7. The van der Waals surface area contributed by atoms with Crippen molar-refractivity contribution in [1.82, 2.24) is 40.0 Å². The van der Waals surface area contributed by atoms with Crippen molar-refractivity contribution in [3.05, 3.63) is 138 Å². The Kier molecular flexibility index (Phi) is 18.1. The first-order valence-corrected chi connectivity index (χ1v) is 18.0. The van der Waals surface area contributed by atoms with Crippen LogP contribution >= 0.6 is 0 Å². The predicted molar refractivity (Wildman–Crippen MR) is 216 cm³/mol. The fraction of sp³-hybridized carbons (Fsp3) is 0.325. The number of hydrogen-bond acceptors (Lipinski definition) is 13. The van der Waals surface area contributed by atoms with Crippen LogP contribution in [0.15, 0.2) is 87.4 Å². The zero-order valence-electron chi connectivity index (χ0n) is 32.8. The molecule has 2 heterocycles. The molecule has 0 atom stereocenters. The summed E-state index contributed by atoms with van der Waals surface area (Å²) in [7, 11) is 1.55. The van der Waals surface area contributed by atoms with Gasteiger partial charge in [-0.05, 0) is 143 Å². The number of aryl methyl sites for hydroxylation is 5. The number of nitrogen functional groups attached to an aromatic ring is 1. The van der Waals surface area contributed by atoms with Crippen molar-refractivity contribution >= 4 is 17.5 Å². The molecule has 2 aromatic heterocycles. The second kappa shape index (κ2) is 22.9. The maximum absolute atomic E-state index is 11.8. The van der Waals surface area contributed by atoms with Gasteiger partial charge in [0.2, 0.25) is 6.08 Å². The molecule has 57 heavy (non-hydrogen) atoms. The minimum atomic E-state index is -0.384. The summed E-state index contributed by atoms with van der Waals surface area (Å²) in [4.78, 5) is 36.8. The zero-order valence-corrected chi connectivity index (χ0v) is 32.8. The predicted octanol–water partition coefficient (Wildman–Crippen LogP) is 2.22. The Hall–Kier alpha value is -6.36. The fourth-order valence-electron chi connectivity index (χ4n) is 5.92. The van der Waals surface area contributed by atoms with Crippen LogP contribution in [0.2, 0.25) is 0 Å². The summed E-state index contributed by atoms with van der Waals surface area (Å²) in [6, 6.07) is 22.4. The summed E-state index contributed by atoms with van der Waals surface area (Å²) in [6.07, 6.45) is 3.65. The lowest BCUT2D eigenvalue weighted by molar-refractivity contribution is 0.299. The van der Waals surface area contributed by atoms with Crippen molar-refractivity contribution in [3.63, 3.8) is 0 Å². The van der Waals surface area contributed by atoms with Gasteiger partial charge in [-0.1, -0.05) is 48.5 Å². The van der Waals surface area contributed by atoms with Crippen molar-refractivity contribution in [1.29, 1.82) is 0 Å². The van der Waals surface area contributed by atoms with Crippen LogP contribution in [-0.4, -0.2) is 92.9 Å². The van der Waals surface area contributed by atoms with Gasteiger partial charge in [-0.25, -0.2) is 19.5 Å². The van der Waals surface area contributed by atoms with E-state index in [0.29, 0.717) is 42.7 Å². The van der Waals surface area contributed by atoms with Crippen molar-refractivity contribution in [3.8, 4) is 11.4 Å². The number of H-pyrrole nitrogens is 1. The Labute approximate surface area is 329 Å². The molecule has 0 fully saturated rings. The SMILES string of the molecule is Cc1cccc(-n2nn[nH]c2=O)c1CCO.Cc1cccc(-n2nnn(C)c2=O)c1CCO.Cc1cccc(N)c1CCO.Cc1cccc(N=C=O)c1CCO. The lowest BCUT2D eigenvalue weighted by Crippen LogP contribution is -2.23. The van der Waals surface area contributed by atoms with Crippen molar-refractivity contribution < 1.29 is 25.2 Å². The monoisotopic (exact) mass is 782 g/mol. The van der Waals surface area contributed by atoms with Gasteiger partial charge in [0.05, 0.1) is 17.1 Å². The maximum Gasteiger partial charge on any atom is 0.368 e. The molecule has 17 nitrogen and oxygen atoms in total. The standard InChI is InChI=1S/C11H14N4O2.C10H12N4O2.C10H11NO2.C9H13NO/c1-8-4-3-5-10(9(8)6-7-16)15-11(17)14(2)12-13-15;1-7-3-2-4-9(8(7)5-6-15)14-10(16)11-12-13-14;1-8-3-2-4-10(11-7-13)9(8)5-6-12;1-7-3-2-4-9(10)8(7)5-6-11/h3-5,16H,6-7H2,1-2H3;2-4,15H,5-6H2,1H3,(H,11,13,16);2-4,12H,5-6H2,1H3;2-4,11H,5-6,10H2,1H3. The fourth-order valence-corrected chi connectivity index (χ4v) is 5.92. The summed E-state index contributed by atoms with van der Waals surface area (Å²) in [5.74, 6) is 0. The molecular formula is C40H50N10O7. The molecular weight excluding hydrogens is 733 g/mol. The molecule has 0 aliphatic heterocycles. The lowest BCUT2D eigenvalue weighted by Gasteiger charge is -2.09. The van der Waals surface area contributed by atoms with E-state index < -0.39 is 0 Å². The number of nitrogens with two attached hydrogens (primary N) is 1. The summed E-state index contributed by atoms with van der Waals surface area (Å²) >= 11 is 0. The number of rotatable bonds is 11. The highest BCUT2D eigenvalue weighted by Gasteiger charge is 2.13. The number of carbonyl (C=O) groups excluding carboxylic acids is 1. The number of nitrogens with one attached hydrogen (secondary N) is 1. The smallest absolute Gasteiger partial charge is 0.368 e. The Balaban J connectivity index is 0.000000206. The number of aliphatic hydroxyl groups excluding tert-OH is 4. The normalized spacial score (nSPS) is 10.3. The van der Waals surface area contributed by atoms with Crippen LogP contribution in [0.1, 0.15) is 44.5 Å². The number of aliphatic imine (C=N–C) groups is 1. The van der Waals surface area contributed by atoms with E-state index in [1.807, 2.05) is 82.3 Å². The molecule has 17 heteroatoms. The Morgan fingerprint density at radius 2 is 1.09 bits per heavy atom. The number of anilines is 1. The van der Waals surface area contributed by atoms with Gasteiger partial charge >= 0.3 is 11.4 Å².